The first kappa shape index (κ1) is 13.9. The van der Waals surface area contributed by atoms with Gasteiger partial charge in [-0.15, -0.1) is 0 Å². The van der Waals surface area contributed by atoms with Crippen LogP contribution in [0.15, 0.2) is 12.4 Å². The second-order valence-electron chi connectivity index (χ2n) is 4.28. The van der Waals surface area contributed by atoms with Crippen LogP contribution in [-0.2, 0) is 4.79 Å². The van der Waals surface area contributed by atoms with Crippen LogP contribution in [0.3, 0.4) is 0 Å². The highest BCUT2D eigenvalue weighted by Gasteiger charge is 2.23. The van der Waals surface area contributed by atoms with E-state index in [0.29, 0.717) is 6.42 Å². The Morgan fingerprint density at radius 1 is 1.39 bits per heavy atom. The molecular weight excluding hydrogens is 236 g/mol. The first-order chi connectivity index (χ1) is 8.41. The van der Waals surface area contributed by atoms with E-state index in [9.17, 15) is 9.59 Å². The van der Waals surface area contributed by atoms with E-state index in [2.05, 4.69) is 15.3 Å². The molecule has 18 heavy (non-hydrogen) atoms. The second-order valence-corrected chi connectivity index (χ2v) is 4.28. The molecular formula is C11H16N4O3. The van der Waals surface area contributed by atoms with Crippen molar-refractivity contribution in [3.8, 4) is 0 Å². The number of hydrogen-bond donors (Lipinski definition) is 3. The first-order valence-corrected chi connectivity index (χ1v) is 5.52. The Balaban J connectivity index is 2.79. The van der Waals surface area contributed by atoms with Crippen molar-refractivity contribution in [1.82, 2.24) is 15.3 Å². The zero-order chi connectivity index (χ0) is 13.7. The van der Waals surface area contributed by atoms with Crippen molar-refractivity contribution in [2.24, 2.45) is 5.92 Å². The number of nitrogens with two attached hydrogens (primary N) is 1. The summed E-state index contributed by atoms with van der Waals surface area (Å²) in [4.78, 5) is 30.3. The number of nitrogens with zero attached hydrogens (tertiary/aromatic N) is 2. The lowest BCUT2D eigenvalue weighted by Gasteiger charge is -2.16. The first-order valence-electron chi connectivity index (χ1n) is 5.52. The summed E-state index contributed by atoms with van der Waals surface area (Å²) in [6.07, 6.45) is 3.01. The number of carboxylic acid groups (broad SMARTS) is 1. The summed E-state index contributed by atoms with van der Waals surface area (Å²) < 4.78 is 0. The summed E-state index contributed by atoms with van der Waals surface area (Å²) in [5.74, 6) is -1.59. The fraction of sp³-hybridized carbons (Fsp3) is 0.455. The molecule has 0 aliphatic heterocycles. The molecule has 1 aromatic rings. The Kier molecular flexibility index (Phi) is 4.59. The molecule has 0 spiro atoms. The molecule has 1 aromatic heterocycles. The fourth-order valence-corrected chi connectivity index (χ4v) is 1.44. The van der Waals surface area contributed by atoms with Crippen LogP contribution >= 0.6 is 0 Å². The number of nitrogens with one attached hydrogen (secondary N) is 1. The van der Waals surface area contributed by atoms with Gasteiger partial charge in [-0.3, -0.25) is 4.79 Å². The zero-order valence-electron chi connectivity index (χ0n) is 10.3. The minimum absolute atomic E-state index is 0.0244. The van der Waals surface area contributed by atoms with E-state index in [-0.39, 0.29) is 17.4 Å². The van der Waals surface area contributed by atoms with Gasteiger partial charge in [-0.05, 0) is 12.3 Å². The van der Waals surface area contributed by atoms with Gasteiger partial charge in [-0.25, -0.2) is 14.8 Å². The minimum atomic E-state index is -1.08. The van der Waals surface area contributed by atoms with Gasteiger partial charge in [-0.1, -0.05) is 13.8 Å². The zero-order valence-corrected chi connectivity index (χ0v) is 10.3. The van der Waals surface area contributed by atoms with Crippen molar-refractivity contribution in [3.63, 3.8) is 0 Å². The van der Waals surface area contributed by atoms with Crippen LogP contribution in [0.25, 0.3) is 0 Å². The third-order valence-corrected chi connectivity index (χ3v) is 2.25. The summed E-state index contributed by atoms with van der Waals surface area (Å²) in [6, 6.07) is -0.959. The Morgan fingerprint density at radius 3 is 2.50 bits per heavy atom. The predicted molar refractivity (Wildman–Crippen MR) is 64.8 cm³/mol. The van der Waals surface area contributed by atoms with Gasteiger partial charge in [-0.2, -0.15) is 0 Å². The van der Waals surface area contributed by atoms with E-state index in [4.69, 9.17) is 10.8 Å². The van der Waals surface area contributed by atoms with Crippen molar-refractivity contribution >= 4 is 17.7 Å². The highest BCUT2D eigenvalue weighted by Crippen LogP contribution is 2.08. The topological polar surface area (TPSA) is 118 Å². The SMILES string of the molecule is CC(C)C[C@H](NC(=O)c1nccnc1N)C(=O)O. The lowest BCUT2D eigenvalue weighted by molar-refractivity contribution is -0.139. The Labute approximate surface area is 104 Å². The molecule has 0 saturated heterocycles. The van der Waals surface area contributed by atoms with E-state index < -0.39 is 17.9 Å². The number of carbonyl (C=O) groups excluding carboxylic acids is 1. The molecule has 1 atom stereocenters. The monoisotopic (exact) mass is 252 g/mol. The van der Waals surface area contributed by atoms with E-state index in [1.54, 1.807) is 0 Å². The van der Waals surface area contributed by atoms with Crippen molar-refractivity contribution in [2.45, 2.75) is 26.3 Å². The van der Waals surface area contributed by atoms with Crippen LogP contribution in [0.4, 0.5) is 5.82 Å². The molecule has 0 fully saturated rings. The van der Waals surface area contributed by atoms with Gasteiger partial charge >= 0.3 is 5.97 Å². The summed E-state index contributed by atoms with van der Waals surface area (Å²) in [5, 5.41) is 11.4. The largest absolute Gasteiger partial charge is 0.480 e. The molecule has 7 heteroatoms. The van der Waals surface area contributed by atoms with Gasteiger partial charge in [0.15, 0.2) is 11.5 Å². The van der Waals surface area contributed by atoms with Crippen LogP contribution in [-0.4, -0.2) is 33.0 Å². The molecule has 0 radical (unpaired) electrons. The number of aliphatic carboxylic acids is 1. The number of nitrogen functional groups attached to an aromatic ring is 1. The number of amides is 1. The Morgan fingerprint density at radius 2 is 2.00 bits per heavy atom. The number of aromatic nitrogens is 2. The van der Waals surface area contributed by atoms with Crippen LogP contribution in [0.1, 0.15) is 30.8 Å². The van der Waals surface area contributed by atoms with Gasteiger partial charge in [0, 0.05) is 12.4 Å². The summed E-state index contributed by atoms with van der Waals surface area (Å²) in [6.45, 7) is 3.75. The van der Waals surface area contributed by atoms with Gasteiger partial charge in [0.25, 0.3) is 5.91 Å². The lowest BCUT2D eigenvalue weighted by Crippen LogP contribution is -2.42. The summed E-state index contributed by atoms with van der Waals surface area (Å²) in [5.41, 5.74) is 5.43. The molecule has 7 nitrogen and oxygen atoms in total. The standard InChI is InChI=1S/C11H16N4O3/c1-6(2)5-7(11(17)18)15-10(16)8-9(12)14-4-3-13-8/h3-4,6-7H,5H2,1-2H3,(H2,12,14)(H,15,16)(H,17,18)/t7-/m0/s1. The quantitative estimate of drug-likeness (QED) is 0.693. The maximum Gasteiger partial charge on any atom is 0.326 e. The molecule has 1 amide bonds. The predicted octanol–water partition coefficient (Wildman–Crippen LogP) is 0.288. The van der Waals surface area contributed by atoms with E-state index in [0.717, 1.165) is 0 Å². The molecule has 1 rings (SSSR count). The summed E-state index contributed by atoms with van der Waals surface area (Å²) in [7, 11) is 0. The Bertz CT molecular complexity index is 448. The molecule has 0 aliphatic carbocycles. The maximum absolute atomic E-state index is 11.8. The van der Waals surface area contributed by atoms with Crippen LogP contribution in [0.2, 0.25) is 0 Å². The molecule has 0 saturated carbocycles. The maximum atomic E-state index is 11.8. The van der Waals surface area contributed by atoms with Gasteiger partial charge < -0.3 is 16.2 Å². The molecule has 4 N–H and O–H groups in total. The van der Waals surface area contributed by atoms with Gasteiger partial charge in [0.05, 0.1) is 0 Å². The second kappa shape index (κ2) is 5.95. The fourth-order valence-electron chi connectivity index (χ4n) is 1.44. The molecule has 1 heterocycles. The third-order valence-electron chi connectivity index (χ3n) is 2.25. The summed E-state index contributed by atoms with van der Waals surface area (Å²) >= 11 is 0. The van der Waals surface area contributed by atoms with Crippen molar-refractivity contribution < 1.29 is 14.7 Å². The Hall–Kier alpha value is -2.18. The lowest BCUT2D eigenvalue weighted by atomic mass is 10.0. The third kappa shape index (κ3) is 3.69. The van der Waals surface area contributed by atoms with Crippen molar-refractivity contribution in [3.05, 3.63) is 18.1 Å². The number of carbonyl (C=O) groups is 2. The average Bonchev–Trinajstić information content (AvgIpc) is 2.27. The molecule has 0 unspecified atom stereocenters. The number of carboxylic acids is 1. The molecule has 0 aromatic carbocycles. The minimum Gasteiger partial charge on any atom is -0.480 e. The van der Waals surface area contributed by atoms with Gasteiger partial charge in [0.2, 0.25) is 0 Å². The number of hydrogen-bond acceptors (Lipinski definition) is 5. The molecule has 0 aliphatic rings. The van der Waals surface area contributed by atoms with E-state index >= 15 is 0 Å². The van der Waals surface area contributed by atoms with E-state index in [1.165, 1.54) is 12.4 Å². The van der Waals surface area contributed by atoms with Crippen LogP contribution in [0.5, 0.6) is 0 Å². The van der Waals surface area contributed by atoms with Crippen LogP contribution < -0.4 is 11.1 Å². The number of rotatable bonds is 5. The molecule has 0 bridgehead atoms. The highest BCUT2D eigenvalue weighted by molar-refractivity contribution is 5.98. The normalized spacial score (nSPS) is 12.2. The molecule has 98 valence electrons. The van der Waals surface area contributed by atoms with Gasteiger partial charge in [0.1, 0.15) is 6.04 Å². The van der Waals surface area contributed by atoms with Crippen molar-refractivity contribution in [1.29, 1.82) is 0 Å². The van der Waals surface area contributed by atoms with Crippen molar-refractivity contribution in [2.75, 3.05) is 5.73 Å². The smallest absolute Gasteiger partial charge is 0.326 e. The van der Waals surface area contributed by atoms with Crippen LogP contribution in [0, 0.1) is 5.92 Å². The number of anilines is 1. The highest BCUT2D eigenvalue weighted by atomic mass is 16.4. The van der Waals surface area contributed by atoms with E-state index in [1.807, 2.05) is 13.8 Å². The average molecular weight is 252 g/mol.